The number of hydrogen-bond acceptors (Lipinski definition) is 2. The maximum Gasteiger partial charge on any atom is 0.0887 e. The average Bonchev–Trinajstić information content (AvgIpc) is 3.62. The van der Waals surface area contributed by atoms with Gasteiger partial charge in [0.15, 0.2) is 0 Å². The third-order valence-electron chi connectivity index (χ3n) is 6.16. The molecule has 1 aliphatic rings. The quantitative estimate of drug-likeness (QED) is 0.213. The zero-order valence-corrected chi connectivity index (χ0v) is 20.5. The Labute approximate surface area is 271 Å². The largest absolute Gasteiger partial charge is 0.309 e. The van der Waals surface area contributed by atoms with E-state index < -0.39 is 212 Å². The summed E-state index contributed by atoms with van der Waals surface area (Å²) in [6, 6.07) is -22.5. The molecule has 6 aromatic carbocycles. The van der Waals surface area contributed by atoms with E-state index in [0.717, 1.165) is 9.47 Å². The molecule has 0 atom stereocenters. The molecule has 0 fully saturated rings. The lowest BCUT2D eigenvalue weighted by atomic mass is 10.1. The van der Waals surface area contributed by atoms with Gasteiger partial charge in [-0.05, 0) is 60.4 Å². The van der Waals surface area contributed by atoms with Gasteiger partial charge < -0.3 is 14.4 Å². The lowest BCUT2D eigenvalue weighted by Crippen LogP contribution is -2.19. The Kier molecular flexibility index (Phi) is 2.10. The molecule has 40 heavy (non-hydrogen) atoms. The molecular weight excluding hydrogens is 510 g/mol. The van der Waals surface area contributed by atoms with E-state index in [1.807, 2.05) is 0 Å². The van der Waals surface area contributed by atoms with Crippen molar-refractivity contribution in [2.75, 3.05) is 9.80 Å². The van der Waals surface area contributed by atoms with Crippen LogP contribution in [0.4, 0.5) is 34.1 Å². The van der Waals surface area contributed by atoms with Crippen LogP contribution >= 0.6 is 11.6 Å². The number of nitrogens with zero attached hydrogens (tertiary/aromatic N) is 3. The van der Waals surface area contributed by atoms with Crippen LogP contribution in [0.1, 0.15) is 32.9 Å². The van der Waals surface area contributed by atoms with Crippen molar-refractivity contribution in [2.45, 2.75) is 0 Å². The summed E-state index contributed by atoms with van der Waals surface area (Å²) < 4.78 is 212. The van der Waals surface area contributed by atoms with Crippen LogP contribution in [0, 0.1) is 0 Å². The molecule has 0 saturated carbocycles. The van der Waals surface area contributed by atoms with Crippen molar-refractivity contribution < 1.29 is 32.9 Å². The fourth-order valence-corrected chi connectivity index (χ4v) is 4.89. The van der Waals surface area contributed by atoms with Crippen molar-refractivity contribution in [3.8, 4) is 5.69 Å². The lowest BCUT2D eigenvalue weighted by molar-refractivity contribution is 1.11. The average molecular weight is 558 g/mol. The zero-order chi connectivity index (χ0) is 47.5. The van der Waals surface area contributed by atoms with Gasteiger partial charge in [0.25, 0.3) is 0 Å². The van der Waals surface area contributed by atoms with E-state index in [1.54, 1.807) is 0 Å². The van der Waals surface area contributed by atoms with Crippen LogP contribution in [0.5, 0.6) is 0 Å². The van der Waals surface area contributed by atoms with Crippen molar-refractivity contribution in [1.82, 2.24) is 4.57 Å². The second kappa shape index (κ2) is 9.04. The van der Waals surface area contributed by atoms with Crippen LogP contribution in [0.2, 0.25) is 5.02 Å². The predicted molar refractivity (Wildman–Crippen MR) is 169 cm³/mol. The molecule has 1 aromatic heterocycles. The molecule has 0 unspecified atom stereocenters. The van der Waals surface area contributed by atoms with Gasteiger partial charge in [0.2, 0.25) is 0 Å². The molecular formula is C36H24ClN3. The maximum absolute atomic E-state index is 9.33. The van der Waals surface area contributed by atoms with Gasteiger partial charge >= 0.3 is 0 Å². The van der Waals surface area contributed by atoms with Crippen LogP contribution in [-0.4, -0.2) is 4.57 Å². The Hall–Kier alpha value is -4.99. The van der Waals surface area contributed by atoms with Crippen LogP contribution in [0.25, 0.3) is 27.5 Å². The molecule has 0 spiro atoms. The first-order chi connectivity index (χ1) is 29.8. The molecule has 0 bridgehead atoms. The number of aromatic nitrogens is 1. The number of benzene rings is 6. The van der Waals surface area contributed by atoms with E-state index in [1.165, 1.54) is 0 Å². The van der Waals surface area contributed by atoms with Crippen molar-refractivity contribution >= 4 is 67.5 Å². The van der Waals surface area contributed by atoms with Crippen molar-refractivity contribution in [3.63, 3.8) is 0 Å². The fraction of sp³-hybridized carbons (Fsp3) is 0. The molecule has 0 amide bonds. The smallest absolute Gasteiger partial charge is 0.0887 e. The molecule has 2 heterocycles. The van der Waals surface area contributed by atoms with Crippen molar-refractivity contribution in [3.05, 3.63) is 150 Å². The normalized spacial score (nSPS) is 20.5. The summed E-state index contributed by atoms with van der Waals surface area (Å²) in [6.45, 7) is 0. The van der Waals surface area contributed by atoms with Crippen molar-refractivity contribution in [2.24, 2.45) is 0 Å². The minimum Gasteiger partial charge on any atom is -0.309 e. The molecule has 0 N–H and O–H groups in total. The number of rotatable bonds is 4. The molecule has 0 radical (unpaired) electrons. The summed E-state index contributed by atoms with van der Waals surface area (Å²) in [5.41, 5.74) is -6.51. The second-order valence-corrected chi connectivity index (χ2v) is 8.59. The Bertz CT molecular complexity index is 3240. The highest BCUT2D eigenvalue weighted by Gasteiger charge is 2.30. The number of hydrogen-bond donors (Lipinski definition) is 0. The monoisotopic (exact) mass is 557 g/mol. The van der Waals surface area contributed by atoms with Gasteiger partial charge in [-0.1, -0.05) is 96.2 Å². The molecule has 3 nitrogen and oxygen atoms in total. The molecule has 0 saturated heterocycles. The van der Waals surface area contributed by atoms with Gasteiger partial charge in [0, 0.05) is 22.1 Å². The Balaban J connectivity index is 1.67. The summed E-state index contributed by atoms with van der Waals surface area (Å²) in [4.78, 5) is 1.19. The van der Waals surface area contributed by atoms with E-state index in [0.29, 0.717) is 4.90 Å². The van der Waals surface area contributed by atoms with Gasteiger partial charge in [-0.25, -0.2) is 0 Å². The molecule has 0 aliphatic carbocycles. The highest BCUT2D eigenvalue weighted by atomic mass is 35.5. The standard InChI is InChI=1S/C36H24ClN3/c37-35-32(38(25-13-3-1-4-14-25)26-15-5-2-6-16-26)22-12-23-33(35)39-30-20-9-10-21-31(30)40-29-19-8-7-17-27(29)28-18-11-24-34(39)36(28)40/h1-24H/i1D,2D,3D,4D,5D,6D,7D,8D,9D,10D,11D,12D,13D,14D,15D,16D,17D,18D,19D,20D,21D,22D,23D,24D. The molecule has 1 aliphatic heterocycles. The second-order valence-electron chi connectivity index (χ2n) is 8.21. The predicted octanol–water partition coefficient (Wildman–Crippen LogP) is 10.7. The highest BCUT2D eigenvalue weighted by molar-refractivity contribution is 6.37. The lowest BCUT2D eigenvalue weighted by Gasteiger charge is -2.35. The Morgan fingerprint density at radius 2 is 1.05 bits per heavy atom. The van der Waals surface area contributed by atoms with Crippen LogP contribution in [0.15, 0.2) is 145 Å². The third kappa shape index (κ3) is 3.32. The first-order valence-corrected chi connectivity index (χ1v) is 11.8. The first kappa shape index (κ1) is 9.29. The minimum absolute atomic E-state index is 0.393. The number of anilines is 6. The summed E-state index contributed by atoms with van der Waals surface area (Å²) in [5, 5.41) is -1.77. The van der Waals surface area contributed by atoms with Crippen molar-refractivity contribution in [1.29, 1.82) is 0 Å². The topological polar surface area (TPSA) is 11.4 Å². The van der Waals surface area contributed by atoms with Crippen LogP contribution in [0.3, 0.4) is 0 Å². The summed E-state index contributed by atoms with van der Waals surface area (Å²) >= 11 is 7.27. The van der Waals surface area contributed by atoms with Crippen LogP contribution < -0.4 is 9.80 Å². The van der Waals surface area contributed by atoms with Gasteiger partial charge in [-0.3, -0.25) is 0 Å². The van der Waals surface area contributed by atoms with E-state index in [4.69, 9.17) is 37.6 Å². The molecule has 8 rings (SSSR count). The zero-order valence-electron chi connectivity index (χ0n) is 43.7. The van der Waals surface area contributed by atoms with Gasteiger partial charge in [0.1, 0.15) is 0 Å². The Morgan fingerprint density at radius 3 is 1.80 bits per heavy atom. The first-order valence-electron chi connectivity index (χ1n) is 23.5. The number of fused-ring (bicyclic) bond motifs is 5. The summed E-state index contributed by atoms with van der Waals surface area (Å²) in [6.07, 6.45) is 0. The molecule has 4 heteroatoms. The van der Waals surface area contributed by atoms with Gasteiger partial charge in [-0.15, -0.1) is 0 Å². The van der Waals surface area contributed by atoms with E-state index in [9.17, 15) is 6.85 Å². The highest BCUT2D eigenvalue weighted by Crippen LogP contribution is 2.52. The SMILES string of the molecule is [2H]c1c([2H])c([2H])c(N(c2c([2H])c([2H])c([2H])c([2H])c2[2H])c2c([2H])c([2H])c([2H])c(N3c4c([2H])c([2H])c([2H])c([2H])c4-n4c5c([2H])c([2H])c([2H])c([2H])c5c5c([2H])c([2H])c([2H])c3c54)c2Cl)c([2H])c1[2H]. The van der Waals surface area contributed by atoms with Gasteiger partial charge in [-0.2, -0.15) is 0 Å². The van der Waals surface area contributed by atoms with E-state index in [-0.39, 0.29) is 0 Å². The molecule has 7 aromatic rings. The number of para-hydroxylation sites is 6. The third-order valence-corrected chi connectivity index (χ3v) is 6.52. The fourth-order valence-electron chi connectivity index (χ4n) is 4.62. The number of halogens is 1. The summed E-state index contributed by atoms with van der Waals surface area (Å²) in [7, 11) is 0. The minimum atomic E-state index is -1.11. The van der Waals surface area contributed by atoms with Crippen LogP contribution in [-0.2, 0) is 0 Å². The summed E-state index contributed by atoms with van der Waals surface area (Å²) in [5.74, 6) is 0. The Morgan fingerprint density at radius 1 is 0.500 bits per heavy atom. The van der Waals surface area contributed by atoms with Gasteiger partial charge in [0.05, 0.1) is 77.4 Å². The molecule has 190 valence electrons. The van der Waals surface area contributed by atoms with E-state index >= 15 is 0 Å². The van der Waals surface area contributed by atoms with E-state index in [2.05, 4.69) is 0 Å². The maximum atomic E-state index is 9.33.